The molecule has 1 rings (SSSR count). The van der Waals surface area contributed by atoms with Crippen molar-refractivity contribution in [3.05, 3.63) is 15.5 Å². The van der Waals surface area contributed by atoms with Crippen LogP contribution in [0.2, 0.25) is 43.8 Å². The van der Waals surface area contributed by atoms with E-state index in [-0.39, 0.29) is 10.5 Å². The van der Waals surface area contributed by atoms with E-state index in [1.54, 1.807) is 0 Å². The van der Waals surface area contributed by atoms with Crippen LogP contribution in [0.15, 0.2) is 6.20 Å². The predicted octanol–water partition coefficient (Wildman–Crippen LogP) is 6.39. The van der Waals surface area contributed by atoms with Crippen molar-refractivity contribution in [2.24, 2.45) is 5.41 Å². The minimum Gasteiger partial charge on any atom is -0.416 e. The maximum Gasteiger partial charge on any atom is 0.192 e. The lowest BCUT2D eigenvalue weighted by atomic mass is 9.89. The number of ether oxygens (including phenoxy) is 1. The van der Waals surface area contributed by atoms with E-state index in [4.69, 9.17) is 9.16 Å². The molecular weight excluding hydrogens is 483 g/mol. The Balaban J connectivity index is 2.70. The monoisotopic (exact) mass is 524 g/mol. The average molecular weight is 525 g/mol. The third kappa shape index (κ3) is 8.68. The number of aromatic nitrogens is 2. The molecule has 0 aliphatic carbocycles. The molecule has 0 unspecified atom stereocenters. The van der Waals surface area contributed by atoms with E-state index in [0.29, 0.717) is 6.73 Å². The normalized spacial score (nSPS) is 14.0. The average Bonchev–Trinajstić information content (AvgIpc) is 2.80. The van der Waals surface area contributed by atoms with Gasteiger partial charge in [0.25, 0.3) is 0 Å². The van der Waals surface area contributed by atoms with Gasteiger partial charge >= 0.3 is 0 Å². The molecule has 1 aromatic heterocycles. The summed E-state index contributed by atoms with van der Waals surface area (Å²) < 4.78 is 15.7. The summed E-state index contributed by atoms with van der Waals surface area (Å²) in [4.78, 5) is 0. The largest absolute Gasteiger partial charge is 0.416 e. The van der Waals surface area contributed by atoms with Gasteiger partial charge in [-0.1, -0.05) is 54.3 Å². The zero-order chi connectivity index (χ0) is 21.1. The number of rotatable bonds is 10. The van der Waals surface area contributed by atoms with E-state index in [0.717, 1.165) is 19.6 Å². The van der Waals surface area contributed by atoms with Gasteiger partial charge < -0.3 is 9.16 Å². The fourth-order valence-corrected chi connectivity index (χ4v) is 4.84. The molecule has 0 spiro atoms. The molecule has 1 aromatic rings. The van der Waals surface area contributed by atoms with E-state index in [2.05, 4.69) is 95.0 Å². The van der Waals surface area contributed by atoms with E-state index in [1.807, 2.05) is 10.9 Å². The van der Waals surface area contributed by atoms with Crippen LogP contribution in [0.25, 0.3) is 0 Å². The van der Waals surface area contributed by atoms with Crippen LogP contribution in [0.4, 0.5) is 0 Å². The van der Waals surface area contributed by atoms with Crippen LogP contribution in [0.1, 0.15) is 40.3 Å². The number of halogens is 1. The first-order valence-electron chi connectivity index (χ1n) is 9.96. The van der Waals surface area contributed by atoms with Gasteiger partial charge in [-0.15, -0.1) is 0 Å². The molecule has 27 heavy (non-hydrogen) atoms. The first-order chi connectivity index (χ1) is 12.0. The Morgan fingerprint density at radius 1 is 1.07 bits per heavy atom. The molecule has 0 amide bonds. The van der Waals surface area contributed by atoms with Gasteiger partial charge in [-0.05, 0) is 58.6 Å². The Morgan fingerprint density at radius 3 is 2.19 bits per heavy atom. The zero-order valence-electron chi connectivity index (χ0n) is 19.2. The third-order valence-corrected chi connectivity index (χ3v) is 12.5. The molecule has 0 aliphatic rings. The molecule has 1 heterocycles. The standard InChI is InChI=1S/C20H41IN2O2Si2/c1-19(2,3)27(9,10)25-15-20(4,5)13-18-17(21)14-22-23(18)16-24-11-12-26(6,7)8/h14H,11-13,15-16H2,1-10H3. The van der Waals surface area contributed by atoms with Crippen molar-refractivity contribution < 1.29 is 9.16 Å². The van der Waals surface area contributed by atoms with Crippen LogP contribution in [-0.2, 0) is 22.3 Å². The van der Waals surface area contributed by atoms with Crippen molar-refractivity contribution in [3.8, 4) is 0 Å². The lowest BCUT2D eigenvalue weighted by Crippen LogP contribution is -2.43. The molecule has 158 valence electrons. The van der Waals surface area contributed by atoms with E-state index in [1.165, 1.54) is 15.3 Å². The first-order valence-corrected chi connectivity index (χ1v) is 17.7. The van der Waals surface area contributed by atoms with Crippen LogP contribution < -0.4 is 0 Å². The molecule has 0 bridgehead atoms. The summed E-state index contributed by atoms with van der Waals surface area (Å²) in [6.07, 6.45) is 2.89. The maximum atomic E-state index is 6.50. The van der Waals surface area contributed by atoms with Crippen LogP contribution in [0.3, 0.4) is 0 Å². The number of nitrogens with zero attached hydrogens (tertiary/aromatic N) is 2. The maximum absolute atomic E-state index is 6.50. The smallest absolute Gasteiger partial charge is 0.192 e. The molecule has 0 atom stereocenters. The molecule has 0 aliphatic heterocycles. The fourth-order valence-electron chi connectivity index (χ4n) is 2.30. The summed E-state index contributed by atoms with van der Waals surface area (Å²) in [7, 11) is -2.79. The van der Waals surface area contributed by atoms with Crippen molar-refractivity contribution in [1.82, 2.24) is 9.78 Å². The van der Waals surface area contributed by atoms with Gasteiger partial charge in [0.05, 0.1) is 15.5 Å². The van der Waals surface area contributed by atoms with Gasteiger partial charge in [0.2, 0.25) is 0 Å². The van der Waals surface area contributed by atoms with Gasteiger partial charge in [-0.25, -0.2) is 4.68 Å². The van der Waals surface area contributed by atoms with Gasteiger partial charge in [-0.3, -0.25) is 0 Å². The highest BCUT2D eigenvalue weighted by molar-refractivity contribution is 14.1. The summed E-state index contributed by atoms with van der Waals surface area (Å²) in [5.41, 5.74) is 1.32. The first kappa shape index (κ1) is 25.3. The molecule has 0 saturated carbocycles. The van der Waals surface area contributed by atoms with Gasteiger partial charge in [0.15, 0.2) is 8.32 Å². The predicted molar refractivity (Wildman–Crippen MR) is 130 cm³/mol. The van der Waals surface area contributed by atoms with Crippen LogP contribution in [0, 0.1) is 8.99 Å². The molecule has 0 fully saturated rings. The second-order valence-electron chi connectivity index (χ2n) is 11.2. The van der Waals surface area contributed by atoms with Crippen molar-refractivity contribution in [3.63, 3.8) is 0 Å². The fraction of sp³-hybridized carbons (Fsp3) is 0.850. The highest BCUT2D eigenvalue weighted by Gasteiger charge is 2.38. The summed E-state index contributed by atoms with van der Waals surface area (Å²) in [5.74, 6) is 0. The minimum atomic E-state index is -1.73. The molecule has 0 radical (unpaired) electrons. The Bertz CT molecular complexity index is 602. The van der Waals surface area contributed by atoms with Crippen molar-refractivity contribution >= 4 is 39.0 Å². The van der Waals surface area contributed by atoms with E-state index >= 15 is 0 Å². The second-order valence-corrected chi connectivity index (χ2v) is 22.8. The zero-order valence-corrected chi connectivity index (χ0v) is 23.4. The van der Waals surface area contributed by atoms with Crippen LogP contribution in [0.5, 0.6) is 0 Å². The molecule has 4 nitrogen and oxygen atoms in total. The summed E-state index contributed by atoms with van der Waals surface area (Å²) in [6.45, 7) is 25.4. The molecular formula is C20H41IN2O2Si2. The SMILES string of the molecule is CC(C)(CO[Si](C)(C)C(C)(C)C)Cc1c(I)cnn1COCC[Si](C)(C)C. The second kappa shape index (κ2) is 9.40. The van der Waals surface area contributed by atoms with Gasteiger partial charge in [-0.2, -0.15) is 5.10 Å². The third-order valence-electron chi connectivity index (χ3n) is 5.38. The number of hydrogen-bond donors (Lipinski definition) is 0. The lowest BCUT2D eigenvalue weighted by molar-refractivity contribution is 0.0739. The highest BCUT2D eigenvalue weighted by atomic mass is 127. The molecule has 0 aromatic carbocycles. The molecule has 7 heteroatoms. The van der Waals surface area contributed by atoms with Crippen molar-refractivity contribution in [2.45, 2.75) is 91.6 Å². The topological polar surface area (TPSA) is 36.3 Å². The van der Waals surface area contributed by atoms with E-state index in [9.17, 15) is 0 Å². The quantitative estimate of drug-likeness (QED) is 0.202. The Morgan fingerprint density at radius 2 is 1.67 bits per heavy atom. The van der Waals surface area contributed by atoms with Crippen LogP contribution >= 0.6 is 22.6 Å². The van der Waals surface area contributed by atoms with E-state index < -0.39 is 16.4 Å². The highest BCUT2D eigenvalue weighted by Crippen LogP contribution is 2.38. The summed E-state index contributed by atoms with van der Waals surface area (Å²) in [5, 5.41) is 4.78. The van der Waals surface area contributed by atoms with Crippen LogP contribution in [-0.4, -0.2) is 39.4 Å². The Hall–Kier alpha value is 0.294. The minimum absolute atomic E-state index is 0.0611. The molecule has 0 saturated heterocycles. The van der Waals surface area contributed by atoms with Crippen molar-refractivity contribution in [1.29, 1.82) is 0 Å². The molecule has 0 N–H and O–H groups in total. The van der Waals surface area contributed by atoms with Gasteiger partial charge in [0.1, 0.15) is 6.73 Å². The Labute approximate surface area is 183 Å². The van der Waals surface area contributed by atoms with Crippen molar-refractivity contribution in [2.75, 3.05) is 13.2 Å². The Kier molecular flexibility index (Phi) is 8.82. The van der Waals surface area contributed by atoms with Gasteiger partial charge in [0, 0.05) is 21.3 Å². The number of hydrogen-bond acceptors (Lipinski definition) is 3. The summed E-state index contributed by atoms with van der Waals surface area (Å²) >= 11 is 2.39. The lowest BCUT2D eigenvalue weighted by Gasteiger charge is -2.39. The summed E-state index contributed by atoms with van der Waals surface area (Å²) in [6, 6.07) is 1.19.